The predicted octanol–water partition coefficient (Wildman–Crippen LogP) is 3.55. The number of hydrogen-bond acceptors (Lipinski definition) is 4. The molecule has 8 heteroatoms. The van der Waals surface area contributed by atoms with Crippen molar-refractivity contribution >= 4 is 40.6 Å². The van der Waals surface area contributed by atoms with Gasteiger partial charge in [0, 0.05) is 17.8 Å². The van der Waals surface area contributed by atoms with E-state index in [2.05, 4.69) is 10.3 Å². The number of carbonyl (C=O) groups excluding carboxylic acids is 1. The van der Waals surface area contributed by atoms with Gasteiger partial charge in [-0.25, -0.2) is 4.98 Å². The molecule has 0 saturated heterocycles. The average Bonchev–Trinajstić information content (AvgIpc) is 2.40. The number of nitrogens with one attached hydrogen (secondary N) is 1. The van der Waals surface area contributed by atoms with E-state index in [0.717, 1.165) is 6.07 Å². The molecular formula is C12H7Cl2N3O3. The minimum atomic E-state index is -0.625. The van der Waals surface area contributed by atoms with Gasteiger partial charge in [0.05, 0.1) is 9.95 Å². The van der Waals surface area contributed by atoms with Crippen molar-refractivity contribution in [1.82, 2.24) is 4.98 Å². The summed E-state index contributed by atoms with van der Waals surface area (Å²) < 4.78 is 0. The highest BCUT2D eigenvalue weighted by atomic mass is 35.5. The molecule has 2 rings (SSSR count). The number of aromatic nitrogens is 1. The van der Waals surface area contributed by atoms with E-state index in [9.17, 15) is 14.9 Å². The standard InChI is InChI=1S/C12H7Cl2N3O3/c13-8-2-1-5-15-11(8)16-12(18)7-3-4-10(17(19)20)9(14)6-7/h1-6H,(H,15,16,18). The van der Waals surface area contributed by atoms with E-state index in [1.165, 1.54) is 18.3 Å². The third-order valence-electron chi connectivity index (χ3n) is 2.40. The summed E-state index contributed by atoms with van der Waals surface area (Å²) in [6.07, 6.45) is 1.48. The van der Waals surface area contributed by atoms with E-state index in [-0.39, 0.29) is 27.1 Å². The quantitative estimate of drug-likeness (QED) is 0.693. The Labute approximate surface area is 123 Å². The van der Waals surface area contributed by atoms with Gasteiger partial charge in [-0.1, -0.05) is 23.2 Å². The molecule has 0 unspecified atom stereocenters. The van der Waals surface area contributed by atoms with Gasteiger partial charge in [-0.3, -0.25) is 14.9 Å². The molecule has 0 fully saturated rings. The molecule has 2 aromatic rings. The van der Waals surface area contributed by atoms with Crippen LogP contribution in [0.3, 0.4) is 0 Å². The second kappa shape index (κ2) is 5.85. The summed E-state index contributed by atoms with van der Waals surface area (Å²) in [6.45, 7) is 0. The fourth-order valence-corrected chi connectivity index (χ4v) is 1.87. The van der Waals surface area contributed by atoms with E-state index in [4.69, 9.17) is 23.2 Å². The van der Waals surface area contributed by atoms with Crippen LogP contribution >= 0.6 is 23.2 Å². The Kier molecular flexibility index (Phi) is 4.16. The van der Waals surface area contributed by atoms with Crippen molar-refractivity contribution in [2.24, 2.45) is 0 Å². The molecule has 0 radical (unpaired) electrons. The Balaban J connectivity index is 2.24. The second-order valence-electron chi connectivity index (χ2n) is 3.71. The van der Waals surface area contributed by atoms with Crippen molar-refractivity contribution in [3.63, 3.8) is 0 Å². The lowest BCUT2D eigenvalue weighted by Crippen LogP contribution is -2.13. The summed E-state index contributed by atoms with van der Waals surface area (Å²) >= 11 is 11.6. The first kappa shape index (κ1) is 14.2. The molecule has 0 saturated carbocycles. The summed E-state index contributed by atoms with van der Waals surface area (Å²) in [4.78, 5) is 25.9. The molecule has 102 valence electrons. The highest BCUT2D eigenvalue weighted by Gasteiger charge is 2.16. The Morgan fingerprint density at radius 2 is 2.00 bits per heavy atom. The summed E-state index contributed by atoms with van der Waals surface area (Å²) in [5, 5.41) is 13.3. The lowest BCUT2D eigenvalue weighted by Gasteiger charge is -2.06. The van der Waals surface area contributed by atoms with Gasteiger partial charge in [0.2, 0.25) is 0 Å². The van der Waals surface area contributed by atoms with Gasteiger partial charge in [0.15, 0.2) is 5.82 Å². The maximum atomic E-state index is 12.0. The molecule has 1 aromatic heterocycles. The summed E-state index contributed by atoms with van der Waals surface area (Å²) in [6, 6.07) is 6.88. The van der Waals surface area contributed by atoms with Gasteiger partial charge in [-0.2, -0.15) is 0 Å². The lowest BCUT2D eigenvalue weighted by molar-refractivity contribution is -0.384. The molecule has 0 atom stereocenters. The number of pyridine rings is 1. The monoisotopic (exact) mass is 311 g/mol. The second-order valence-corrected chi connectivity index (χ2v) is 4.53. The Bertz CT molecular complexity index is 691. The van der Waals surface area contributed by atoms with Gasteiger partial charge in [0.1, 0.15) is 5.02 Å². The molecule has 1 aromatic carbocycles. The Morgan fingerprint density at radius 3 is 2.60 bits per heavy atom. The molecule has 0 bridgehead atoms. The molecular weight excluding hydrogens is 305 g/mol. The summed E-state index contributed by atoms with van der Waals surface area (Å²) in [5.74, 6) is -0.309. The van der Waals surface area contributed by atoms with Crippen LogP contribution in [0.4, 0.5) is 11.5 Å². The van der Waals surface area contributed by atoms with Crippen LogP contribution in [0.25, 0.3) is 0 Å². The Hall–Kier alpha value is -2.18. The molecule has 1 amide bonds. The maximum Gasteiger partial charge on any atom is 0.287 e. The van der Waals surface area contributed by atoms with Crippen LogP contribution in [0.5, 0.6) is 0 Å². The van der Waals surface area contributed by atoms with Crippen molar-refractivity contribution in [1.29, 1.82) is 0 Å². The van der Waals surface area contributed by atoms with Crippen LogP contribution in [0.1, 0.15) is 10.4 Å². The molecule has 0 spiro atoms. The van der Waals surface area contributed by atoms with E-state index in [1.807, 2.05) is 0 Å². The Morgan fingerprint density at radius 1 is 1.25 bits per heavy atom. The first-order chi connectivity index (χ1) is 9.49. The number of nitro groups is 1. The molecule has 1 N–H and O–H groups in total. The maximum absolute atomic E-state index is 12.0. The zero-order chi connectivity index (χ0) is 14.7. The lowest BCUT2D eigenvalue weighted by atomic mass is 10.2. The van der Waals surface area contributed by atoms with Gasteiger partial charge >= 0.3 is 0 Å². The number of halogens is 2. The number of rotatable bonds is 3. The van der Waals surface area contributed by atoms with E-state index < -0.39 is 10.8 Å². The van der Waals surface area contributed by atoms with Gasteiger partial charge < -0.3 is 5.32 Å². The zero-order valence-electron chi connectivity index (χ0n) is 9.84. The number of nitro benzene ring substituents is 1. The fourth-order valence-electron chi connectivity index (χ4n) is 1.45. The van der Waals surface area contributed by atoms with Gasteiger partial charge in [-0.05, 0) is 24.3 Å². The fraction of sp³-hybridized carbons (Fsp3) is 0. The van der Waals surface area contributed by atoms with Crippen LogP contribution in [-0.2, 0) is 0 Å². The van der Waals surface area contributed by atoms with Crippen LogP contribution < -0.4 is 5.32 Å². The molecule has 0 aliphatic rings. The average molecular weight is 312 g/mol. The molecule has 6 nitrogen and oxygen atoms in total. The molecule has 0 aliphatic heterocycles. The highest BCUT2D eigenvalue weighted by Crippen LogP contribution is 2.25. The summed E-state index contributed by atoms with van der Waals surface area (Å²) in [5.41, 5.74) is -0.0959. The van der Waals surface area contributed by atoms with Crippen molar-refractivity contribution in [3.8, 4) is 0 Å². The highest BCUT2D eigenvalue weighted by molar-refractivity contribution is 6.34. The predicted molar refractivity (Wildman–Crippen MR) is 75.3 cm³/mol. The van der Waals surface area contributed by atoms with E-state index >= 15 is 0 Å². The van der Waals surface area contributed by atoms with E-state index in [1.54, 1.807) is 12.1 Å². The number of carbonyl (C=O) groups is 1. The summed E-state index contributed by atoms with van der Waals surface area (Å²) in [7, 11) is 0. The third kappa shape index (κ3) is 3.04. The van der Waals surface area contributed by atoms with Crippen molar-refractivity contribution in [3.05, 3.63) is 62.3 Å². The van der Waals surface area contributed by atoms with Crippen LogP contribution in [0.2, 0.25) is 10.0 Å². The van der Waals surface area contributed by atoms with Crippen molar-refractivity contribution in [2.75, 3.05) is 5.32 Å². The first-order valence-electron chi connectivity index (χ1n) is 5.35. The molecule has 20 heavy (non-hydrogen) atoms. The first-order valence-corrected chi connectivity index (χ1v) is 6.10. The molecule has 0 aliphatic carbocycles. The largest absolute Gasteiger partial charge is 0.305 e. The third-order valence-corrected chi connectivity index (χ3v) is 3.00. The van der Waals surface area contributed by atoms with Crippen LogP contribution in [0.15, 0.2) is 36.5 Å². The number of hydrogen-bond donors (Lipinski definition) is 1. The van der Waals surface area contributed by atoms with Gasteiger partial charge in [-0.15, -0.1) is 0 Å². The SMILES string of the molecule is O=C(Nc1ncccc1Cl)c1ccc([N+](=O)[O-])c(Cl)c1. The zero-order valence-corrected chi connectivity index (χ0v) is 11.4. The minimum absolute atomic E-state index is 0.116. The van der Waals surface area contributed by atoms with Gasteiger partial charge in [0.25, 0.3) is 11.6 Å². The van der Waals surface area contributed by atoms with Crippen molar-refractivity contribution < 1.29 is 9.72 Å². The smallest absolute Gasteiger partial charge is 0.287 e. The topological polar surface area (TPSA) is 85.1 Å². The molecule has 1 heterocycles. The van der Waals surface area contributed by atoms with Crippen LogP contribution in [0, 0.1) is 10.1 Å². The number of anilines is 1. The number of benzene rings is 1. The van der Waals surface area contributed by atoms with E-state index in [0.29, 0.717) is 0 Å². The van der Waals surface area contributed by atoms with Crippen LogP contribution in [-0.4, -0.2) is 15.8 Å². The van der Waals surface area contributed by atoms with Crippen molar-refractivity contribution in [2.45, 2.75) is 0 Å². The normalized spacial score (nSPS) is 10.1. The number of nitrogens with zero attached hydrogens (tertiary/aromatic N) is 2. The minimum Gasteiger partial charge on any atom is -0.305 e. The number of amides is 1.